The van der Waals surface area contributed by atoms with Gasteiger partial charge in [-0.2, -0.15) is 0 Å². The molecular weight excluding hydrogens is 262 g/mol. The van der Waals surface area contributed by atoms with Gasteiger partial charge in [0.2, 0.25) is 0 Å². The predicted molar refractivity (Wildman–Crippen MR) is 62.7 cm³/mol. The van der Waals surface area contributed by atoms with Crippen molar-refractivity contribution in [3.8, 4) is 0 Å². The average Bonchev–Trinajstić information content (AvgIpc) is 2.38. The van der Waals surface area contributed by atoms with Crippen LogP contribution in [-0.2, 0) is 9.53 Å². The summed E-state index contributed by atoms with van der Waals surface area (Å²) >= 11 is 0. The van der Waals surface area contributed by atoms with Crippen LogP contribution in [0.4, 0.5) is 20.2 Å². The minimum absolute atomic E-state index is 0.267. The van der Waals surface area contributed by atoms with E-state index in [1.165, 1.54) is 0 Å². The zero-order chi connectivity index (χ0) is 14.6. The Morgan fingerprint density at radius 2 is 2.05 bits per heavy atom. The highest BCUT2D eigenvalue weighted by atomic mass is 19.2. The van der Waals surface area contributed by atoms with E-state index in [9.17, 15) is 23.7 Å². The Kier molecular flexibility index (Phi) is 4.74. The molecule has 0 aliphatic rings. The zero-order valence-electron chi connectivity index (χ0n) is 10.3. The van der Waals surface area contributed by atoms with Crippen LogP contribution >= 0.6 is 0 Å². The van der Waals surface area contributed by atoms with E-state index < -0.39 is 34.3 Å². The first-order valence-electron chi connectivity index (χ1n) is 5.38. The van der Waals surface area contributed by atoms with Crippen molar-refractivity contribution in [3.05, 3.63) is 33.9 Å². The molecule has 0 aliphatic carbocycles. The topological polar surface area (TPSA) is 81.5 Å². The maximum Gasteiger partial charge on any atom is 0.328 e. The van der Waals surface area contributed by atoms with Crippen LogP contribution in [-0.4, -0.2) is 24.0 Å². The lowest BCUT2D eigenvalue weighted by molar-refractivity contribution is -0.384. The quantitative estimate of drug-likeness (QED) is 0.506. The normalized spacial score (nSPS) is 11.8. The van der Waals surface area contributed by atoms with E-state index >= 15 is 0 Å². The van der Waals surface area contributed by atoms with Crippen LogP contribution < -0.4 is 5.32 Å². The van der Waals surface area contributed by atoms with Crippen LogP contribution in [0.2, 0.25) is 0 Å². The first kappa shape index (κ1) is 14.8. The van der Waals surface area contributed by atoms with Crippen LogP contribution in [0.15, 0.2) is 12.1 Å². The number of halogens is 2. The number of carbonyl (C=O) groups excluding carboxylic acids is 1. The first-order valence-corrected chi connectivity index (χ1v) is 5.38. The summed E-state index contributed by atoms with van der Waals surface area (Å²) in [5.41, 5.74) is -0.928. The van der Waals surface area contributed by atoms with E-state index in [0.717, 1.165) is 7.11 Å². The number of benzene rings is 1. The monoisotopic (exact) mass is 274 g/mol. The van der Waals surface area contributed by atoms with Crippen LogP contribution in [0.3, 0.4) is 0 Å². The minimum atomic E-state index is -1.33. The number of nitrogens with one attached hydrogen (secondary N) is 1. The van der Waals surface area contributed by atoms with Gasteiger partial charge in [-0.25, -0.2) is 13.6 Å². The van der Waals surface area contributed by atoms with Crippen LogP contribution in [0, 0.1) is 21.7 Å². The number of rotatable bonds is 5. The molecule has 1 aromatic rings. The lowest BCUT2D eigenvalue weighted by Crippen LogP contribution is -2.30. The fourth-order valence-electron chi connectivity index (χ4n) is 1.46. The summed E-state index contributed by atoms with van der Waals surface area (Å²) in [6, 6.07) is 0.217. The van der Waals surface area contributed by atoms with E-state index in [1.807, 2.05) is 0 Å². The van der Waals surface area contributed by atoms with Gasteiger partial charge in [0, 0.05) is 6.07 Å². The van der Waals surface area contributed by atoms with Gasteiger partial charge in [0.15, 0.2) is 11.6 Å². The molecule has 0 radical (unpaired) electrons. The Morgan fingerprint density at radius 3 is 2.53 bits per heavy atom. The Bertz CT molecular complexity index is 508. The molecule has 19 heavy (non-hydrogen) atoms. The zero-order valence-corrected chi connectivity index (χ0v) is 10.3. The fraction of sp³-hybridized carbons (Fsp3) is 0.364. The van der Waals surface area contributed by atoms with Crippen molar-refractivity contribution >= 4 is 17.3 Å². The van der Waals surface area contributed by atoms with Gasteiger partial charge in [-0.15, -0.1) is 0 Å². The molecule has 0 aliphatic heterocycles. The van der Waals surface area contributed by atoms with Gasteiger partial charge in [-0.1, -0.05) is 6.92 Å². The van der Waals surface area contributed by atoms with Gasteiger partial charge in [0.1, 0.15) is 11.7 Å². The lowest BCUT2D eigenvalue weighted by atomic mass is 10.2. The van der Waals surface area contributed by atoms with E-state index in [0.29, 0.717) is 12.1 Å². The minimum Gasteiger partial charge on any atom is -0.467 e. The van der Waals surface area contributed by atoms with Gasteiger partial charge >= 0.3 is 5.97 Å². The van der Waals surface area contributed by atoms with E-state index in [4.69, 9.17) is 0 Å². The molecule has 0 fully saturated rings. The molecule has 0 aromatic heterocycles. The highest BCUT2D eigenvalue weighted by Crippen LogP contribution is 2.28. The number of nitro groups is 1. The maximum absolute atomic E-state index is 13.1. The van der Waals surface area contributed by atoms with Crippen molar-refractivity contribution in [1.82, 2.24) is 0 Å². The number of esters is 1. The number of hydrogen-bond donors (Lipinski definition) is 1. The van der Waals surface area contributed by atoms with Crippen molar-refractivity contribution in [2.45, 2.75) is 19.4 Å². The number of nitrogens with zero attached hydrogens (tertiary/aromatic N) is 1. The summed E-state index contributed by atoms with van der Waals surface area (Å²) in [4.78, 5) is 21.2. The van der Waals surface area contributed by atoms with Crippen molar-refractivity contribution in [1.29, 1.82) is 0 Å². The summed E-state index contributed by atoms with van der Waals surface area (Å²) in [6.45, 7) is 1.64. The Balaban J connectivity index is 3.15. The highest BCUT2D eigenvalue weighted by molar-refractivity contribution is 5.80. The SMILES string of the molecule is CCC(Nc1cc(F)c(F)cc1[N+](=O)[O-])C(=O)OC. The molecule has 0 amide bonds. The largest absolute Gasteiger partial charge is 0.467 e. The molecule has 1 unspecified atom stereocenters. The lowest BCUT2D eigenvalue weighted by Gasteiger charge is -2.15. The molecule has 0 heterocycles. The average molecular weight is 274 g/mol. The van der Waals surface area contributed by atoms with Gasteiger partial charge in [0.05, 0.1) is 18.1 Å². The smallest absolute Gasteiger partial charge is 0.328 e. The first-order chi connectivity index (χ1) is 8.90. The molecule has 8 heteroatoms. The van der Waals surface area contributed by atoms with Crippen molar-refractivity contribution in [2.75, 3.05) is 12.4 Å². The second-order valence-electron chi connectivity index (χ2n) is 3.67. The molecule has 0 spiro atoms. The Labute approximate surface area is 107 Å². The Morgan fingerprint density at radius 1 is 1.47 bits per heavy atom. The van der Waals surface area contributed by atoms with Crippen molar-refractivity contribution in [2.24, 2.45) is 0 Å². The molecule has 0 bridgehead atoms. The number of methoxy groups -OCH3 is 1. The second kappa shape index (κ2) is 6.07. The summed E-state index contributed by atoms with van der Waals surface area (Å²) in [7, 11) is 1.16. The number of ether oxygens (including phenoxy) is 1. The highest BCUT2D eigenvalue weighted by Gasteiger charge is 2.24. The van der Waals surface area contributed by atoms with Gasteiger partial charge in [0.25, 0.3) is 5.69 Å². The van der Waals surface area contributed by atoms with Gasteiger partial charge in [-0.3, -0.25) is 10.1 Å². The number of hydrogen-bond acceptors (Lipinski definition) is 5. The molecule has 0 saturated heterocycles. The second-order valence-corrected chi connectivity index (χ2v) is 3.67. The number of carbonyl (C=O) groups is 1. The predicted octanol–water partition coefficient (Wildman–Crippen LogP) is 2.24. The summed E-state index contributed by atoms with van der Waals surface area (Å²) in [5.74, 6) is -3.22. The summed E-state index contributed by atoms with van der Waals surface area (Å²) in [6.07, 6.45) is 0.267. The van der Waals surface area contributed by atoms with Crippen LogP contribution in [0.25, 0.3) is 0 Å². The molecule has 1 atom stereocenters. The summed E-state index contributed by atoms with van der Waals surface area (Å²) in [5, 5.41) is 13.2. The number of anilines is 1. The summed E-state index contributed by atoms with van der Waals surface area (Å²) < 4.78 is 30.6. The molecule has 1 N–H and O–H groups in total. The standard InChI is InChI=1S/C11H12F2N2O4/c1-3-8(11(16)19-2)14-9-4-6(12)7(13)5-10(9)15(17)18/h4-5,8,14H,3H2,1-2H3. The van der Waals surface area contributed by atoms with Crippen molar-refractivity contribution in [3.63, 3.8) is 0 Å². The number of nitro benzene ring substituents is 1. The molecule has 0 saturated carbocycles. The third-order valence-electron chi connectivity index (χ3n) is 2.46. The molecule has 6 nitrogen and oxygen atoms in total. The van der Waals surface area contributed by atoms with E-state index in [2.05, 4.69) is 10.1 Å². The van der Waals surface area contributed by atoms with E-state index in [1.54, 1.807) is 6.92 Å². The maximum atomic E-state index is 13.1. The van der Waals surface area contributed by atoms with E-state index in [-0.39, 0.29) is 12.1 Å². The third kappa shape index (κ3) is 3.36. The molecule has 1 rings (SSSR count). The fourth-order valence-corrected chi connectivity index (χ4v) is 1.46. The Hall–Kier alpha value is -2.25. The molecule has 1 aromatic carbocycles. The third-order valence-corrected chi connectivity index (χ3v) is 2.46. The van der Waals surface area contributed by atoms with Gasteiger partial charge in [-0.05, 0) is 6.42 Å². The molecule has 104 valence electrons. The molecular formula is C11H12F2N2O4. The van der Waals surface area contributed by atoms with Crippen LogP contribution in [0.5, 0.6) is 0 Å². The van der Waals surface area contributed by atoms with Crippen molar-refractivity contribution < 1.29 is 23.2 Å². The van der Waals surface area contributed by atoms with Gasteiger partial charge < -0.3 is 10.1 Å². The van der Waals surface area contributed by atoms with Crippen LogP contribution in [0.1, 0.15) is 13.3 Å².